The maximum Gasteiger partial charge on any atom is 0.231 e. The summed E-state index contributed by atoms with van der Waals surface area (Å²) < 4.78 is 11.0. The van der Waals surface area contributed by atoms with Crippen molar-refractivity contribution in [1.82, 2.24) is 9.97 Å². The first-order valence-electron chi connectivity index (χ1n) is 8.01. The van der Waals surface area contributed by atoms with E-state index < -0.39 is 0 Å². The molecule has 0 aliphatic carbocycles. The van der Waals surface area contributed by atoms with Crippen molar-refractivity contribution in [3.8, 4) is 11.5 Å². The first-order valence-corrected chi connectivity index (χ1v) is 8.39. The topological polar surface area (TPSA) is 47.1 Å². The number of aromatic nitrogens is 2. The van der Waals surface area contributed by atoms with Gasteiger partial charge in [-0.25, -0.2) is 4.98 Å². The van der Waals surface area contributed by atoms with Gasteiger partial charge in [0.25, 0.3) is 0 Å². The molecule has 0 atom stereocenters. The summed E-state index contributed by atoms with van der Waals surface area (Å²) in [6.07, 6.45) is 0. The largest absolute Gasteiger partial charge is 0.454 e. The minimum Gasteiger partial charge on any atom is -0.454 e. The summed E-state index contributed by atoms with van der Waals surface area (Å²) in [7, 11) is 0. The van der Waals surface area contributed by atoms with Gasteiger partial charge in [0.15, 0.2) is 11.5 Å². The van der Waals surface area contributed by atoms with Crippen LogP contribution in [-0.4, -0.2) is 16.8 Å². The van der Waals surface area contributed by atoms with Gasteiger partial charge in [-0.1, -0.05) is 29.8 Å². The molecule has 6 rings (SSSR count). The Morgan fingerprint density at radius 3 is 2.56 bits per heavy atom. The predicted molar refractivity (Wildman–Crippen MR) is 99.7 cm³/mol. The molecule has 0 radical (unpaired) electrons. The summed E-state index contributed by atoms with van der Waals surface area (Å²) in [6.45, 7) is 0.249. The molecular weight excluding hydrogens is 336 g/mol. The number of fused-ring (bicyclic) bond motifs is 7. The van der Waals surface area contributed by atoms with Gasteiger partial charge in [-0.3, -0.25) is 0 Å². The summed E-state index contributed by atoms with van der Waals surface area (Å²) in [5, 5.41) is 5.94. The predicted octanol–water partition coefficient (Wildman–Crippen LogP) is 5.40. The fourth-order valence-corrected chi connectivity index (χ4v) is 3.94. The van der Waals surface area contributed by atoms with Gasteiger partial charge >= 0.3 is 0 Å². The molecule has 5 aromatic rings. The third kappa shape index (κ3) is 1.74. The second-order valence-electron chi connectivity index (χ2n) is 6.23. The summed E-state index contributed by atoms with van der Waals surface area (Å²) >= 11 is 6.53. The van der Waals surface area contributed by atoms with Crippen molar-refractivity contribution in [3.63, 3.8) is 0 Å². The van der Waals surface area contributed by atoms with Crippen LogP contribution in [-0.2, 0) is 0 Å². The van der Waals surface area contributed by atoms with Crippen molar-refractivity contribution in [2.45, 2.75) is 0 Å². The second-order valence-corrected chi connectivity index (χ2v) is 6.61. The Bertz CT molecular complexity index is 1340. The molecule has 0 spiro atoms. The van der Waals surface area contributed by atoms with E-state index in [0.717, 1.165) is 55.0 Å². The Balaban J connectivity index is 1.83. The first-order chi connectivity index (χ1) is 12.3. The van der Waals surface area contributed by atoms with E-state index in [1.54, 1.807) is 0 Å². The number of H-pyrrole nitrogens is 1. The highest BCUT2D eigenvalue weighted by atomic mass is 35.5. The fraction of sp³-hybridized carbons (Fsp3) is 0.0500. The number of benzene rings is 3. The zero-order chi connectivity index (χ0) is 16.5. The van der Waals surface area contributed by atoms with Gasteiger partial charge in [0.2, 0.25) is 6.79 Å². The standard InChI is InChI=1S/C20H11ClN2O2/c21-20-14-6-16-12(10-3-1-2-4-15(10)22-16)5-11(14)13-7-18-19(25-9-24-18)8-17(13)23-20/h1-8,23H,9H2. The van der Waals surface area contributed by atoms with E-state index in [4.69, 9.17) is 26.1 Å². The molecule has 25 heavy (non-hydrogen) atoms. The number of halogens is 1. The average molecular weight is 347 g/mol. The Hall–Kier alpha value is -2.98. The Morgan fingerprint density at radius 2 is 1.64 bits per heavy atom. The second kappa shape index (κ2) is 4.55. The van der Waals surface area contributed by atoms with E-state index in [1.807, 2.05) is 36.4 Å². The van der Waals surface area contributed by atoms with Crippen LogP contribution in [0.4, 0.5) is 0 Å². The number of rotatable bonds is 0. The van der Waals surface area contributed by atoms with Crippen molar-refractivity contribution in [3.05, 3.63) is 53.7 Å². The number of hydrogen-bond donors (Lipinski definition) is 1. The highest BCUT2D eigenvalue weighted by molar-refractivity contribution is 6.36. The molecule has 0 amide bonds. The molecule has 0 fully saturated rings. The molecule has 0 unspecified atom stereocenters. The number of nitrogens with zero attached hydrogens (tertiary/aromatic N) is 1. The zero-order valence-electron chi connectivity index (χ0n) is 13.0. The van der Waals surface area contributed by atoms with Crippen LogP contribution in [0.15, 0.2) is 48.5 Å². The lowest BCUT2D eigenvalue weighted by molar-refractivity contribution is 0.174. The van der Waals surface area contributed by atoms with Gasteiger partial charge in [-0.05, 0) is 29.7 Å². The number of nitrogens with one attached hydrogen (secondary N) is 1. The highest BCUT2D eigenvalue weighted by Crippen LogP contribution is 2.41. The molecule has 120 valence electrons. The molecule has 3 aromatic carbocycles. The monoisotopic (exact) mass is 346 g/mol. The Morgan fingerprint density at radius 1 is 0.800 bits per heavy atom. The van der Waals surface area contributed by atoms with Crippen LogP contribution >= 0.6 is 11.6 Å². The minimum atomic E-state index is 0.249. The lowest BCUT2D eigenvalue weighted by atomic mass is 10.0. The molecule has 2 aromatic heterocycles. The molecular formula is C20H11ClN2O2. The van der Waals surface area contributed by atoms with E-state index in [9.17, 15) is 0 Å². The summed E-state index contributed by atoms with van der Waals surface area (Å²) in [5.74, 6) is 1.50. The summed E-state index contributed by atoms with van der Waals surface area (Å²) in [6, 6.07) is 16.3. The minimum absolute atomic E-state index is 0.249. The number of aromatic amines is 1. The van der Waals surface area contributed by atoms with E-state index >= 15 is 0 Å². The molecule has 1 aliphatic heterocycles. The van der Waals surface area contributed by atoms with Crippen LogP contribution in [0.2, 0.25) is 5.15 Å². The quantitative estimate of drug-likeness (QED) is 0.301. The summed E-state index contributed by atoms with van der Waals surface area (Å²) in [4.78, 5) is 7.99. The molecule has 1 aliphatic rings. The summed E-state index contributed by atoms with van der Waals surface area (Å²) in [5.41, 5.74) is 2.86. The highest BCUT2D eigenvalue weighted by Gasteiger charge is 2.17. The number of hydrogen-bond acceptors (Lipinski definition) is 3. The lowest BCUT2D eigenvalue weighted by Gasteiger charge is -2.08. The van der Waals surface area contributed by atoms with Gasteiger partial charge in [0.05, 0.1) is 16.6 Å². The van der Waals surface area contributed by atoms with Crippen LogP contribution in [0.3, 0.4) is 0 Å². The average Bonchev–Trinajstić information content (AvgIpc) is 3.22. The van der Waals surface area contributed by atoms with Gasteiger partial charge in [0.1, 0.15) is 5.15 Å². The molecule has 0 bridgehead atoms. The van der Waals surface area contributed by atoms with Crippen molar-refractivity contribution < 1.29 is 9.47 Å². The molecule has 3 heterocycles. The fourth-order valence-electron chi connectivity index (χ4n) is 3.68. The van der Waals surface area contributed by atoms with E-state index in [1.165, 1.54) is 0 Å². The molecule has 1 N–H and O–H groups in total. The van der Waals surface area contributed by atoms with Crippen molar-refractivity contribution in [1.29, 1.82) is 0 Å². The van der Waals surface area contributed by atoms with Gasteiger partial charge in [-0.15, -0.1) is 0 Å². The maximum absolute atomic E-state index is 6.53. The van der Waals surface area contributed by atoms with E-state index in [0.29, 0.717) is 5.15 Å². The number of ether oxygens (including phenoxy) is 2. The smallest absolute Gasteiger partial charge is 0.231 e. The van der Waals surface area contributed by atoms with Gasteiger partial charge < -0.3 is 14.5 Å². The van der Waals surface area contributed by atoms with Crippen LogP contribution in [0.1, 0.15) is 0 Å². The van der Waals surface area contributed by atoms with E-state index in [2.05, 4.69) is 17.1 Å². The Kier molecular flexibility index (Phi) is 2.43. The SMILES string of the molecule is Clc1[nH]c2cc3c(cc2c2cc4c(cc12)nc1ccccc14)OCO3. The zero-order valence-corrected chi connectivity index (χ0v) is 13.7. The van der Waals surface area contributed by atoms with Crippen LogP contribution in [0, 0.1) is 0 Å². The third-order valence-corrected chi connectivity index (χ3v) is 5.15. The maximum atomic E-state index is 6.53. The molecule has 4 nitrogen and oxygen atoms in total. The van der Waals surface area contributed by atoms with Crippen molar-refractivity contribution in [2.75, 3.05) is 6.79 Å². The number of para-hydroxylation sites is 1. The van der Waals surface area contributed by atoms with Gasteiger partial charge in [-0.2, -0.15) is 0 Å². The third-order valence-electron chi connectivity index (χ3n) is 4.85. The molecule has 5 heteroatoms. The first kappa shape index (κ1) is 13.3. The lowest BCUT2D eigenvalue weighted by Crippen LogP contribution is -1.92. The Labute approximate surface area is 146 Å². The van der Waals surface area contributed by atoms with Crippen LogP contribution in [0.25, 0.3) is 43.5 Å². The van der Waals surface area contributed by atoms with Crippen LogP contribution in [0.5, 0.6) is 11.5 Å². The molecule has 0 saturated heterocycles. The van der Waals surface area contributed by atoms with Crippen molar-refractivity contribution >= 4 is 55.1 Å². The molecule has 0 saturated carbocycles. The van der Waals surface area contributed by atoms with Gasteiger partial charge in [0, 0.05) is 27.6 Å². The van der Waals surface area contributed by atoms with Crippen LogP contribution < -0.4 is 9.47 Å². The normalized spacial score (nSPS) is 13.5. The number of pyridine rings is 1. The van der Waals surface area contributed by atoms with Crippen molar-refractivity contribution in [2.24, 2.45) is 0 Å². The van der Waals surface area contributed by atoms with E-state index in [-0.39, 0.29) is 6.79 Å².